The Morgan fingerprint density at radius 2 is 2.06 bits per heavy atom. The van der Waals surface area contributed by atoms with Gasteiger partial charge in [-0.3, -0.25) is 4.90 Å². The molecule has 2 saturated heterocycles. The minimum absolute atomic E-state index is 0.712. The zero-order valence-electron chi connectivity index (χ0n) is 9.89. The summed E-state index contributed by atoms with van der Waals surface area (Å²) in [6.45, 7) is 1.02. The highest BCUT2D eigenvalue weighted by Gasteiger charge is 2.43. The lowest BCUT2D eigenvalue weighted by molar-refractivity contribution is 0.296. The molecule has 2 heteroatoms. The van der Waals surface area contributed by atoms with Crippen LogP contribution in [0, 0.1) is 0 Å². The van der Waals surface area contributed by atoms with Gasteiger partial charge in [0.1, 0.15) is 0 Å². The summed E-state index contributed by atoms with van der Waals surface area (Å²) >= 11 is 0. The summed E-state index contributed by atoms with van der Waals surface area (Å²) in [6, 6.07) is 13.0. The van der Waals surface area contributed by atoms with E-state index in [9.17, 15) is 0 Å². The molecule has 3 atom stereocenters. The molecule has 3 rings (SSSR count). The van der Waals surface area contributed by atoms with E-state index in [4.69, 9.17) is 0 Å². The van der Waals surface area contributed by atoms with E-state index in [0.717, 1.165) is 18.6 Å². The molecule has 0 radical (unpaired) electrons. The molecule has 0 aliphatic carbocycles. The summed E-state index contributed by atoms with van der Waals surface area (Å²) in [4.78, 5) is 2.57. The van der Waals surface area contributed by atoms with Crippen LogP contribution in [-0.2, 0) is 6.54 Å². The first-order valence-corrected chi connectivity index (χ1v) is 6.34. The third kappa shape index (κ3) is 1.76. The zero-order chi connectivity index (χ0) is 11.0. The van der Waals surface area contributed by atoms with Gasteiger partial charge in [0, 0.05) is 24.7 Å². The van der Waals surface area contributed by atoms with E-state index in [0.29, 0.717) is 6.04 Å². The van der Waals surface area contributed by atoms with E-state index < -0.39 is 0 Å². The van der Waals surface area contributed by atoms with E-state index >= 15 is 0 Å². The van der Waals surface area contributed by atoms with Crippen LogP contribution in [0.5, 0.6) is 0 Å². The van der Waals surface area contributed by atoms with E-state index in [1.165, 1.54) is 24.8 Å². The minimum Gasteiger partial charge on any atom is -0.308 e. The Morgan fingerprint density at radius 1 is 1.25 bits per heavy atom. The predicted octanol–water partition coefficient (Wildman–Crippen LogP) is 2.01. The van der Waals surface area contributed by atoms with E-state index in [1.807, 2.05) is 0 Å². The van der Waals surface area contributed by atoms with Crippen LogP contribution in [0.15, 0.2) is 30.3 Å². The van der Waals surface area contributed by atoms with Crippen molar-refractivity contribution < 1.29 is 0 Å². The maximum absolute atomic E-state index is 3.72. The standard InChI is InChI=1S/C14H20N2/c1-16-12-7-8-14(16)13(9-12)15-10-11-5-3-2-4-6-11/h2-6,12-15H,7-10H2,1H3. The molecule has 0 saturated carbocycles. The normalized spacial score (nSPS) is 33.4. The Hall–Kier alpha value is -0.860. The molecule has 3 unspecified atom stereocenters. The van der Waals surface area contributed by atoms with Crippen LogP contribution in [0.1, 0.15) is 24.8 Å². The fourth-order valence-electron chi connectivity index (χ4n) is 3.32. The van der Waals surface area contributed by atoms with E-state index in [2.05, 4.69) is 47.6 Å². The highest BCUT2D eigenvalue weighted by Crippen LogP contribution is 2.36. The maximum atomic E-state index is 3.72. The van der Waals surface area contributed by atoms with Crippen molar-refractivity contribution >= 4 is 0 Å². The number of nitrogens with one attached hydrogen (secondary N) is 1. The van der Waals surface area contributed by atoms with Gasteiger partial charge in [-0.2, -0.15) is 0 Å². The summed E-state index contributed by atoms with van der Waals surface area (Å²) in [6.07, 6.45) is 4.13. The molecule has 0 amide bonds. The van der Waals surface area contributed by atoms with Gasteiger partial charge >= 0.3 is 0 Å². The molecule has 2 fully saturated rings. The quantitative estimate of drug-likeness (QED) is 0.831. The largest absolute Gasteiger partial charge is 0.308 e. The van der Waals surface area contributed by atoms with E-state index in [-0.39, 0.29) is 0 Å². The van der Waals surface area contributed by atoms with Gasteiger partial charge in [-0.05, 0) is 31.9 Å². The molecule has 0 aromatic heterocycles. The molecule has 2 bridgehead atoms. The van der Waals surface area contributed by atoms with Gasteiger partial charge in [-0.1, -0.05) is 30.3 Å². The van der Waals surface area contributed by atoms with Crippen LogP contribution in [0.3, 0.4) is 0 Å². The van der Waals surface area contributed by atoms with Crippen LogP contribution in [0.2, 0.25) is 0 Å². The van der Waals surface area contributed by atoms with Gasteiger partial charge in [0.05, 0.1) is 0 Å². The molecular weight excluding hydrogens is 196 g/mol. The molecule has 0 spiro atoms. The molecule has 1 aromatic carbocycles. The van der Waals surface area contributed by atoms with Crippen molar-refractivity contribution in [2.45, 2.75) is 43.9 Å². The fraction of sp³-hybridized carbons (Fsp3) is 0.571. The summed E-state index contributed by atoms with van der Waals surface area (Å²) in [5.41, 5.74) is 1.40. The monoisotopic (exact) mass is 216 g/mol. The third-order valence-electron chi connectivity index (χ3n) is 4.30. The van der Waals surface area contributed by atoms with Gasteiger partial charge in [0.2, 0.25) is 0 Å². The molecule has 2 nitrogen and oxygen atoms in total. The number of hydrogen-bond donors (Lipinski definition) is 1. The third-order valence-corrected chi connectivity index (χ3v) is 4.30. The second kappa shape index (κ2) is 4.19. The highest BCUT2D eigenvalue weighted by atomic mass is 15.2. The summed E-state index contributed by atoms with van der Waals surface area (Å²) < 4.78 is 0. The number of rotatable bonds is 3. The number of hydrogen-bond acceptors (Lipinski definition) is 2. The number of nitrogens with zero attached hydrogens (tertiary/aromatic N) is 1. The molecule has 16 heavy (non-hydrogen) atoms. The van der Waals surface area contributed by atoms with Gasteiger partial charge in [0.25, 0.3) is 0 Å². The lowest BCUT2D eigenvalue weighted by Gasteiger charge is -2.22. The molecule has 2 heterocycles. The molecule has 86 valence electrons. The van der Waals surface area contributed by atoms with Crippen LogP contribution in [0.4, 0.5) is 0 Å². The van der Waals surface area contributed by atoms with Crippen molar-refractivity contribution in [1.82, 2.24) is 10.2 Å². The van der Waals surface area contributed by atoms with Crippen molar-refractivity contribution in [2.24, 2.45) is 0 Å². The predicted molar refractivity (Wildman–Crippen MR) is 66.3 cm³/mol. The van der Waals surface area contributed by atoms with Gasteiger partial charge in [-0.15, -0.1) is 0 Å². The minimum atomic E-state index is 0.712. The fourth-order valence-corrected chi connectivity index (χ4v) is 3.32. The number of benzene rings is 1. The summed E-state index contributed by atoms with van der Waals surface area (Å²) in [5, 5.41) is 3.72. The summed E-state index contributed by atoms with van der Waals surface area (Å²) in [7, 11) is 2.28. The molecular formula is C14H20N2. The second-order valence-electron chi connectivity index (χ2n) is 5.17. The Labute approximate surface area is 97.6 Å². The smallest absolute Gasteiger partial charge is 0.0250 e. The van der Waals surface area contributed by atoms with Gasteiger partial charge in [0.15, 0.2) is 0 Å². The molecule has 1 N–H and O–H groups in total. The maximum Gasteiger partial charge on any atom is 0.0250 e. The Balaban J connectivity index is 1.57. The average molecular weight is 216 g/mol. The van der Waals surface area contributed by atoms with Crippen molar-refractivity contribution in [3.63, 3.8) is 0 Å². The van der Waals surface area contributed by atoms with Crippen molar-refractivity contribution in [3.05, 3.63) is 35.9 Å². The van der Waals surface area contributed by atoms with Crippen LogP contribution in [-0.4, -0.2) is 30.1 Å². The molecule has 2 aliphatic rings. The lowest BCUT2D eigenvalue weighted by Crippen LogP contribution is -2.39. The highest BCUT2D eigenvalue weighted by molar-refractivity contribution is 5.15. The Bertz CT molecular complexity index is 349. The SMILES string of the molecule is CN1C2CCC1C(NCc1ccccc1)C2. The Kier molecular flexibility index (Phi) is 2.70. The second-order valence-corrected chi connectivity index (χ2v) is 5.17. The van der Waals surface area contributed by atoms with Gasteiger partial charge in [-0.25, -0.2) is 0 Å². The van der Waals surface area contributed by atoms with Crippen LogP contribution >= 0.6 is 0 Å². The van der Waals surface area contributed by atoms with Crippen molar-refractivity contribution in [2.75, 3.05) is 7.05 Å². The molecule has 2 aliphatic heterocycles. The molecule has 1 aromatic rings. The first kappa shape index (κ1) is 10.3. The number of likely N-dealkylation sites (N-methyl/N-ethyl adjacent to an activating group) is 1. The van der Waals surface area contributed by atoms with Gasteiger partial charge < -0.3 is 5.32 Å². The zero-order valence-corrected chi connectivity index (χ0v) is 9.89. The lowest BCUT2D eigenvalue weighted by atomic mass is 9.95. The first-order chi connectivity index (χ1) is 7.84. The summed E-state index contributed by atoms with van der Waals surface area (Å²) in [5.74, 6) is 0. The first-order valence-electron chi connectivity index (χ1n) is 6.34. The number of fused-ring (bicyclic) bond motifs is 2. The van der Waals surface area contributed by atoms with E-state index in [1.54, 1.807) is 0 Å². The Morgan fingerprint density at radius 3 is 2.69 bits per heavy atom. The van der Waals surface area contributed by atoms with Crippen LogP contribution in [0.25, 0.3) is 0 Å². The van der Waals surface area contributed by atoms with Crippen molar-refractivity contribution in [3.8, 4) is 0 Å². The topological polar surface area (TPSA) is 15.3 Å². The van der Waals surface area contributed by atoms with Crippen LogP contribution < -0.4 is 5.32 Å². The van der Waals surface area contributed by atoms with Crippen molar-refractivity contribution in [1.29, 1.82) is 0 Å². The average Bonchev–Trinajstić information content (AvgIpc) is 2.84.